The van der Waals surface area contributed by atoms with Crippen molar-refractivity contribution in [2.45, 2.75) is 11.9 Å². The molecule has 1 N–H and O–H groups in total. The number of rotatable bonds is 4. The van der Waals surface area contributed by atoms with Gasteiger partial charge in [0.2, 0.25) is 5.91 Å². The van der Waals surface area contributed by atoms with Gasteiger partial charge in [0.25, 0.3) is 0 Å². The normalized spacial score (nSPS) is 11.2. The lowest BCUT2D eigenvalue weighted by Crippen LogP contribution is -2.14. The molecule has 2 heterocycles. The minimum atomic E-state index is -0.163. The zero-order valence-corrected chi connectivity index (χ0v) is 15.4. The number of hydrogen-bond acceptors (Lipinski definition) is 5. The van der Waals surface area contributed by atoms with Crippen LogP contribution in [0.4, 0.5) is 5.69 Å². The highest BCUT2D eigenvalue weighted by molar-refractivity contribution is 8.00. The van der Waals surface area contributed by atoms with E-state index in [1.165, 1.54) is 11.8 Å². The van der Waals surface area contributed by atoms with Crippen LogP contribution in [0.15, 0.2) is 58.0 Å². The number of anilines is 1. The van der Waals surface area contributed by atoms with E-state index in [0.717, 1.165) is 16.5 Å². The van der Waals surface area contributed by atoms with E-state index in [1.807, 2.05) is 43.3 Å². The third-order valence-electron chi connectivity index (χ3n) is 3.79. The number of furan rings is 1. The van der Waals surface area contributed by atoms with E-state index in [1.54, 1.807) is 12.1 Å². The number of aromatic nitrogens is 2. The predicted octanol–water partition coefficient (Wildman–Crippen LogP) is 5.07. The molecular weight excluding hydrogens is 370 g/mol. The lowest BCUT2D eigenvalue weighted by molar-refractivity contribution is -0.113. The van der Waals surface area contributed by atoms with Crippen molar-refractivity contribution in [1.29, 1.82) is 0 Å². The van der Waals surface area contributed by atoms with Crippen molar-refractivity contribution in [2.75, 3.05) is 11.1 Å². The maximum atomic E-state index is 12.3. The summed E-state index contributed by atoms with van der Waals surface area (Å²) >= 11 is 7.38. The maximum absolute atomic E-state index is 12.3. The van der Waals surface area contributed by atoms with Gasteiger partial charge in [-0.3, -0.25) is 4.79 Å². The van der Waals surface area contributed by atoms with Gasteiger partial charge in [-0.15, -0.1) is 0 Å². The molecule has 130 valence electrons. The second kappa shape index (κ2) is 6.97. The molecule has 0 radical (unpaired) electrons. The van der Waals surface area contributed by atoms with E-state index in [4.69, 9.17) is 16.0 Å². The van der Waals surface area contributed by atoms with Crippen LogP contribution in [0.2, 0.25) is 5.02 Å². The molecule has 0 atom stereocenters. The molecule has 0 unspecified atom stereocenters. The molecule has 0 saturated carbocycles. The molecule has 0 aliphatic heterocycles. The summed E-state index contributed by atoms with van der Waals surface area (Å²) in [5, 5.41) is 4.90. The Kier molecular flexibility index (Phi) is 4.53. The van der Waals surface area contributed by atoms with Crippen molar-refractivity contribution in [3.8, 4) is 0 Å². The molecule has 4 rings (SSSR count). The van der Waals surface area contributed by atoms with Gasteiger partial charge in [0.05, 0.1) is 16.5 Å². The fraction of sp³-hybridized carbons (Fsp3) is 0.105. The van der Waals surface area contributed by atoms with Gasteiger partial charge in [0.1, 0.15) is 22.0 Å². The number of hydrogen-bond donors (Lipinski definition) is 1. The first-order valence-electron chi connectivity index (χ1n) is 7.95. The number of fused-ring (bicyclic) bond motifs is 3. The first kappa shape index (κ1) is 16.9. The van der Waals surface area contributed by atoms with Crippen LogP contribution in [-0.4, -0.2) is 21.6 Å². The third-order valence-corrected chi connectivity index (χ3v) is 5.07. The van der Waals surface area contributed by atoms with Crippen LogP contribution in [0.5, 0.6) is 0 Å². The second-order valence-corrected chi connectivity index (χ2v) is 7.04. The van der Waals surface area contributed by atoms with E-state index in [2.05, 4.69) is 15.3 Å². The minimum absolute atomic E-state index is 0.163. The molecule has 0 saturated heterocycles. The van der Waals surface area contributed by atoms with Crippen LogP contribution < -0.4 is 5.32 Å². The number of carbonyl (C=O) groups excluding carboxylic acids is 1. The van der Waals surface area contributed by atoms with Gasteiger partial charge in [0, 0.05) is 5.39 Å². The smallest absolute Gasteiger partial charge is 0.234 e. The highest BCUT2D eigenvalue weighted by Crippen LogP contribution is 2.33. The highest BCUT2D eigenvalue weighted by atomic mass is 35.5. The molecule has 0 bridgehead atoms. The molecule has 26 heavy (non-hydrogen) atoms. The van der Waals surface area contributed by atoms with Crippen molar-refractivity contribution in [1.82, 2.24) is 9.97 Å². The Bertz CT molecular complexity index is 1130. The predicted molar refractivity (Wildman–Crippen MR) is 105 cm³/mol. The van der Waals surface area contributed by atoms with Crippen molar-refractivity contribution in [2.24, 2.45) is 0 Å². The number of benzene rings is 2. The van der Waals surface area contributed by atoms with E-state index in [9.17, 15) is 4.79 Å². The summed E-state index contributed by atoms with van der Waals surface area (Å²) in [6, 6.07) is 14.8. The van der Waals surface area contributed by atoms with E-state index < -0.39 is 0 Å². The number of carbonyl (C=O) groups is 1. The van der Waals surface area contributed by atoms with Crippen molar-refractivity contribution in [3.63, 3.8) is 0 Å². The Balaban J connectivity index is 1.59. The lowest BCUT2D eigenvalue weighted by Gasteiger charge is -2.07. The molecule has 2 aromatic heterocycles. The average molecular weight is 384 g/mol. The Morgan fingerprint density at radius 2 is 1.92 bits per heavy atom. The van der Waals surface area contributed by atoms with Crippen LogP contribution >= 0.6 is 23.4 Å². The molecule has 5 nitrogen and oxygen atoms in total. The van der Waals surface area contributed by atoms with Crippen LogP contribution in [0.3, 0.4) is 0 Å². The summed E-state index contributed by atoms with van der Waals surface area (Å²) in [4.78, 5) is 21.2. The number of halogens is 1. The Morgan fingerprint density at radius 3 is 2.77 bits per heavy atom. The summed E-state index contributed by atoms with van der Waals surface area (Å²) in [5.41, 5.74) is 2.71. The quantitative estimate of drug-likeness (QED) is 0.393. The number of aryl methyl sites for hydroxylation is 1. The number of para-hydroxylation sites is 2. The summed E-state index contributed by atoms with van der Waals surface area (Å²) in [7, 11) is 0. The molecule has 0 spiro atoms. The first-order chi connectivity index (χ1) is 12.6. The van der Waals surface area contributed by atoms with Crippen LogP contribution in [0.25, 0.3) is 22.1 Å². The van der Waals surface area contributed by atoms with Gasteiger partial charge in [-0.05, 0) is 31.2 Å². The Hall–Kier alpha value is -2.57. The summed E-state index contributed by atoms with van der Waals surface area (Å²) < 4.78 is 5.91. The number of thioether (sulfide) groups is 1. The first-order valence-corrected chi connectivity index (χ1v) is 9.31. The van der Waals surface area contributed by atoms with Gasteiger partial charge >= 0.3 is 0 Å². The zero-order chi connectivity index (χ0) is 18.1. The third kappa shape index (κ3) is 3.25. The summed E-state index contributed by atoms with van der Waals surface area (Å²) in [5.74, 6) is 0.662. The van der Waals surface area contributed by atoms with Gasteiger partial charge in [-0.25, -0.2) is 9.97 Å². The van der Waals surface area contributed by atoms with Gasteiger partial charge in [-0.1, -0.05) is 47.6 Å². The van der Waals surface area contributed by atoms with Gasteiger partial charge in [-0.2, -0.15) is 0 Å². The summed E-state index contributed by atoms with van der Waals surface area (Å²) in [6.07, 6.45) is 0. The molecule has 2 aromatic carbocycles. The van der Waals surface area contributed by atoms with Crippen molar-refractivity contribution < 1.29 is 9.21 Å². The fourth-order valence-electron chi connectivity index (χ4n) is 2.65. The van der Waals surface area contributed by atoms with Crippen LogP contribution in [0, 0.1) is 6.92 Å². The van der Waals surface area contributed by atoms with Gasteiger partial charge < -0.3 is 9.73 Å². The SMILES string of the molecule is Cc1nc(SCC(=O)Nc2ccccc2Cl)c2oc3ccccc3c2n1. The molecular formula is C19H14ClN3O2S. The topological polar surface area (TPSA) is 68.0 Å². The van der Waals surface area contributed by atoms with Crippen molar-refractivity contribution in [3.05, 3.63) is 59.4 Å². The standard InChI is InChI=1S/C19H14ClN3O2S/c1-11-21-17-12-6-2-5-9-15(12)25-18(17)19(22-11)26-10-16(24)23-14-8-4-3-7-13(14)20/h2-9H,10H2,1H3,(H,23,24). The van der Waals surface area contributed by atoms with Crippen LogP contribution in [0.1, 0.15) is 5.82 Å². The molecule has 4 aromatic rings. The number of nitrogens with one attached hydrogen (secondary N) is 1. The molecule has 1 amide bonds. The van der Waals surface area contributed by atoms with E-state index in [0.29, 0.717) is 27.1 Å². The highest BCUT2D eigenvalue weighted by Gasteiger charge is 2.16. The van der Waals surface area contributed by atoms with E-state index >= 15 is 0 Å². The van der Waals surface area contributed by atoms with E-state index in [-0.39, 0.29) is 11.7 Å². The Labute approximate surface area is 158 Å². The average Bonchev–Trinajstić information content (AvgIpc) is 3.00. The molecule has 0 aliphatic rings. The molecule has 7 heteroatoms. The summed E-state index contributed by atoms with van der Waals surface area (Å²) in [6.45, 7) is 1.83. The van der Waals surface area contributed by atoms with Crippen LogP contribution in [-0.2, 0) is 4.79 Å². The largest absolute Gasteiger partial charge is 0.451 e. The second-order valence-electron chi connectivity index (χ2n) is 5.67. The zero-order valence-electron chi connectivity index (χ0n) is 13.8. The monoisotopic (exact) mass is 383 g/mol. The molecule has 0 aliphatic carbocycles. The number of nitrogens with zero attached hydrogens (tertiary/aromatic N) is 2. The number of amides is 1. The van der Waals surface area contributed by atoms with Gasteiger partial charge in [0.15, 0.2) is 5.58 Å². The fourth-order valence-corrected chi connectivity index (χ4v) is 3.64. The maximum Gasteiger partial charge on any atom is 0.234 e. The Morgan fingerprint density at radius 1 is 1.15 bits per heavy atom. The molecule has 0 fully saturated rings. The lowest BCUT2D eigenvalue weighted by atomic mass is 10.2. The minimum Gasteiger partial charge on any atom is -0.451 e. The van der Waals surface area contributed by atoms with Crippen molar-refractivity contribution >= 4 is 57.0 Å².